The lowest BCUT2D eigenvalue weighted by molar-refractivity contribution is -0.146. The fraction of sp³-hybridized carbons (Fsp3) is 0.923. The predicted octanol–water partition coefficient (Wildman–Crippen LogP) is -0.0972. The third-order valence-corrected chi connectivity index (χ3v) is 4.61. The van der Waals surface area contributed by atoms with Gasteiger partial charge in [-0.25, -0.2) is 0 Å². The Labute approximate surface area is 109 Å². The summed E-state index contributed by atoms with van der Waals surface area (Å²) < 4.78 is 5.37. The summed E-state index contributed by atoms with van der Waals surface area (Å²) in [7, 11) is 2.11. The fourth-order valence-electron chi connectivity index (χ4n) is 2.68. The minimum absolute atomic E-state index is 0.0217. The van der Waals surface area contributed by atoms with Crippen LogP contribution in [0.2, 0.25) is 0 Å². The first kappa shape index (κ1) is 13.8. The van der Waals surface area contributed by atoms with Crippen molar-refractivity contribution < 1.29 is 9.53 Å². The first-order valence-corrected chi connectivity index (χ1v) is 6.61. The zero-order chi connectivity index (χ0) is 13.6. The van der Waals surface area contributed by atoms with Crippen LogP contribution in [-0.4, -0.2) is 67.2 Å². The van der Waals surface area contributed by atoms with E-state index < -0.39 is 5.41 Å². The van der Waals surface area contributed by atoms with Crippen LogP contribution >= 0.6 is 0 Å². The molecule has 2 heterocycles. The van der Waals surface area contributed by atoms with E-state index in [1.165, 1.54) is 0 Å². The number of amides is 1. The number of rotatable bonds is 1. The van der Waals surface area contributed by atoms with Crippen molar-refractivity contribution in [2.45, 2.75) is 32.4 Å². The summed E-state index contributed by atoms with van der Waals surface area (Å²) in [5.74, 6) is 0.147. The van der Waals surface area contributed by atoms with Gasteiger partial charge in [-0.2, -0.15) is 0 Å². The van der Waals surface area contributed by atoms with Gasteiger partial charge in [0.2, 0.25) is 5.91 Å². The van der Waals surface area contributed by atoms with Crippen molar-refractivity contribution >= 4 is 5.91 Å². The van der Waals surface area contributed by atoms with Crippen LogP contribution in [0.4, 0.5) is 0 Å². The molecule has 2 aliphatic heterocycles. The Kier molecular flexibility index (Phi) is 3.42. The van der Waals surface area contributed by atoms with Crippen LogP contribution < -0.4 is 5.73 Å². The quantitative estimate of drug-likeness (QED) is 0.711. The largest absolute Gasteiger partial charge is 0.379 e. The SMILES string of the molecule is CN1CCN(C(=O)C2(C)COCC2N)CC1(C)C. The molecule has 2 aliphatic rings. The number of carbonyl (C=O) groups excluding carboxylic acids is 1. The second kappa shape index (κ2) is 4.47. The molecule has 0 aromatic heterocycles. The molecule has 2 fully saturated rings. The number of hydrogen-bond donors (Lipinski definition) is 1. The normalized spacial score (nSPS) is 36.9. The van der Waals surface area contributed by atoms with Crippen molar-refractivity contribution in [1.29, 1.82) is 0 Å². The molecule has 0 saturated carbocycles. The number of ether oxygens (including phenoxy) is 1. The predicted molar refractivity (Wildman–Crippen MR) is 70.2 cm³/mol. The van der Waals surface area contributed by atoms with Gasteiger partial charge in [0.25, 0.3) is 0 Å². The molecule has 5 heteroatoms. The molecule has 0 aromatic carbocycles. The lowest BCUT2D eigenvalue weighted by Crippen LogP contribution is -2.62. The number of nitrogens with two attached hydrogens (primary N) is 1. The molecular weight excluding hydrogens is 230 g/mol. The summed E-state index contributed by atoms with van der Waals surface area (Å²) in [6.07, 6.45) is 0. The summed E-state index contributed by atoms with van der Waals surface area (Å²) in [6, 6.07) is -0.187. The average Bonchev–Trinajstić information content (AvgIpc) is 2.63. The highest BCUT2D eigenvalue weighted by molar-refractivity contribution is 5.84. The van der Waals surface area contributed by atoms with E-state index in [0.29, 0.717) is 13.2 Å². The lowest BCUT2D eigenvalue weighted by Gasteiger charge is -2.47. The molecule has 0 aromatic rings. The molecule has 2 N–H and O–H groups in total. The Hall–Kier alpha value is -0.650. The summed E-state index contributed by atoms with van der Waals surface area (Å²) in [6.45, 7) is 9.63. The van der Waals surface area contributed by atoms with Crippen molar-refractivity contribution in [3.63, 3.8) is 0 Å². The van der Waals surface area contributed by atoms with Gasteiger partial charge in [-0.15, -0.1) is 0 Å². The molecule has 0 spiro atoms. The van der Waals surface area contributed by atoms with Crippen molar-refractivity contribution in [1.82, 2.24) is 9.80 Å². The van der Waals surface area contributed by atoms with E-state index >= 15 is 0 Å². The molecule has 18 heavy (non-hydrogen) atoms. The van der Waals surface area contributed by atoms with Gasteiger partial charge in [0.15, 0.2) is 0 Å². The maximum absolute atomic E-state index is 12.7. The van der Waals surface area contributed by atoms with Gasteiger partial charge in [0.1, 0.15) is 0 Å². The molecular formula is C13H25N3O2. The minimum Gasteiger partial charge on any atom is -0.379 e. The van der Waals surface area contributed by atoms with Crippen molar-refractivity contribution in [3.05, 3.63) is 0 Å². The van der Waals surface area contributed by atoms with Crippen LogP contribution in [-0.2, 0) is 9.53 Å². The summed E-state index contributed by atoms with van der Waals surface area (Å²) >= 11 is 0. The molecule has 1 amide bonds. The lowest BCUT2D eigenvalue weighted by atomic mass is 9.83. The van der Waals surface area contributed by atoms with Crippen LogP contribution in [0.5, 0.6) is 0 Å². The van der Waals surface area contributed by atoms with Crippen molar-refractivity contribution in [2.75, 3.05) is 39.9 Å². The van der Waals surface area contributed by atoms with Gasteiger partial charge in [0.05, 0.1) is 18.6 Å². The molecule has 104 valence electrons. The molecule has 2 atom stereocenters. The van der Waals surface area contributed by atoms with E-state index in [0.717, 1.165) is 19.6 Å². The number of nitrogens with zero attached hydrogens (tertiary/aromatic N) is 2. The Balaban J connectivity index is 2.11. The summed E-state index contributed by atoms with van der Waals surface area (Å²) in [5, 5.41) is 0. The van der Waals surface area contributed by atoms with E-state index in [1.54, 1.807) is 0 Å². The fourth-order valence-corrected chi connectivity index (χ4v) is 2.68. The molecule has 0 radical (unpaired) electrons. The van der Waals surface area contributed by atoms with Crippen LogP contribution in [0.3, 0.4) is 0 Å². The molecule has 2 rings (SSSR count). The Bertz CT molecular complexity index is 345. The van der Waals surface area contributed by atoms with Crippen molar-refractivity contribution in [3.8, 4) is 0 Å². The molecule has 2 unspecified atom stereocenters. The van der Waals surface area contributed by atoms with Crippen molar-refractivity contribution in [2.24, 2.45) is 11.1 Å². The highest BCUT2D eigenvalue weighted by Crippen LogP contribution is 2.31. The van der Waals surface area contributed by atoms with Crippen LogP contribution in [0, 0.1) is 5.41 Å². The minimum atomic E-state index is -0.550. The Morgan fingerprint density at radius 3 is 2.50 bits per heavy atom. The van der Waals surface area contributed by atoms with Gasteiger partial charge in [0, 0.05) is 31.2 Å². The zero-order valence-corrected chi connectivity index (χ0v) is 11.9. The molecule has 0 bridgehead atoms. The van der Waals surface area contributed by atoms with Gasteiger partial charge < -0.3 is 15.4 Å². The monoisotopic (exact) mass is 255 g/mol. The molecule has 5 nitrogen and oxygen atoms in total. The third kappa shape index (κ3) is 2.15. The molecule has 2 saturated heterocycles. The Morgan fingerprint density at radius 1 is 1.33 bits per heavy atom. The van der Waals surface area contributed by atoms with Crippen LogP contribution in [0.15, 0.2) is 0 Å². The number of hydrogen-bond acceptors (Lipinski definition) is 4. The second-order valence-corrected chi connectivity index (χ2v) is 6.50. The highest BCUT2D eigenvalue weighted by atomic mass is 16.5. The maximum atomic E-state index is 12.7. The van der Waals surface area contributed by atoms with E-state index in [9.17, 15) is 4.79 Å². The van der Waals surface area contributed by atoms with Gasteiger partial charge in [-0.1, -0.05) is 0 Å². The first-order chi connectivity index (χ1) is 8.27. The summed E-state index contributed by atoms with van der Waals surface area (Å²) in [4.78, 5) is 16.9. The van der Waals surface area contributed by atoms with Gasteiger partial charge >= 0.3 is 0 Å². The zero-order valence-electron chi connectivity index (χ0n) is 11.9. The smallest absolute Gasteiger partial charge is 0.232 e. The number of piperazine rings is 1. The van der Waals surface area contributed by atoms with E-state index in [-0.39, 0.29) is 17.5 Å². The highest BCUT2D eigenvalue weighted by Gasteiger charge is 2.48. The summed E-state index contributed by atoms with van der Waals surface area (Å²) in [5.41, 5.74) is 5.50. The second-order valence-electron chi connectivity index (χ2n) is 6.50. The number of carbonyl (C=O) groups is 1. The van der Waals surface area contributed by atoms with E-state index in [4.69, 9.17) is 10.5 Å². The Morgan fingerprint density at radius 2 is 2.00 bits per heavy atom. The number of likely N-dealkylation sites (N-methyl/N-ethyl adjacent to an activating group) is 1. The topological polar surface area (TPSA) is 58.8 Å². The average molecular weight is 255 g/mol. The first-order valence-electron chi connectivity index (χ1n) is 6.61. The van der Waals surface area contributed by atoms with E-state index in [2.05, 4.69) is 25.8 Å². The molecule has 0 aliphatic carbocycles. The standard InChI is InChI=1S/C13H25N3O2/c1-12(2)8-16(6-5-15(12)4)11(17)13(3)9-18-7-10(13)14/h10H,5-9,14H2,1-4H3. The maximum Gasteiger partial charge on any atom is 0.232 e. The third-order valence-electron chi connectivity index (χ3n) is 4.61. The van der Waals surface area contributed by atoms with Gasteiger partial charge in [-0.3, -0.25) is 9.69 Å². The van der Waals surface area contributed by atoms with Gasteiger partial charge in [-0.05, 0) is 27.8 Å². The van der Waals surface area contributed by atoms with Crippen LogP contribution in [0.1, 0.15) is 20.8 Å². The van der Waals surface area contributed by atoms with Crippen LogP contribution in [0.25, 0.3) is 0 Å². The van der Waals surface area contributed by atoms with E-state index in [1.807, 2.05) is 11.8 Å².